The molecule has 0 atom stereocenters. The molecule has 2 N–H and O–H groups in total. The lowest BCUT2D eigenvalue weighted by Gasteiger charge is -2.17. The first-order valence-corrected chi connectivity index (χ1v) is 8.10. The number of nitrogens with two attached hydrogens (primary N) is 1. The Hall–Kier alpha value is -3.13. The number of hydrogen-bond donors (Lipinski definition) is 1. The SMILES string of the molecule is NC1=CCC(=O)c2c1ccc1c2ccc2c3ccccc3ccc12. The highest BCUT2D eigenvalue weighted by molar-refractivity contribution is 6.22. The summed E-state index contributed by atoms with van der Waals surface area (Å²) in [6.45, 7) is 0. The smallest absolute Gasteiger partial charge is 0.168 e. The summed E-state index contributed by atoms with van der Waals surface area (Å²) in [5.74, 6) is 0.143. The molecule has 0 amide bonds. The summed E-state index contributed by atoms with van der Waals surface area (Å²) in [6, 6.07) is 21.0. The highest BCUT2D eigenvalue weighted by Crippen LogP contribution is 2.36. The van der Waals surface area contributed by atoms with E-state index in [1.807, 2.05) is 12.1 Å². The van der Waals surface area contributed by atoms with Crippen molar-refractivity contribution < 1.29 is 4.79 Å². The van der Waals surface area contributed by atoms with Gasteiger partial charge in [0, 0.05) is 23.2 Å². The van der Waals surface area contributed by atoms with Crippen molar-refractivity contribution >= 4 is 43.8 Å². The van der Waals surface area contributed by atoms with Crippen molar-refractivity contribution in [1.29, 1.82) is 0 Å². The summed E-state index contributed by atoms with van der Waals surface area (Å²) in [5, 5.41) is 6.96. The topological polar surface area (TPSA) is 43.1 Å². The molecule has 0 saturated heterocycles. The Morgan fingerprint density at radius 1 is 0.708 bits per heavy atom. The first-order chi connectivity index (χ1) is 11.7. The van der Waals surface area contributed by atoms with Crippen LogP contribution in [-0.4, -0.2) is 5.78 Å². The van der Waals surface area contributed by atoms with E-state index in [1.54, 1.807) is 0 Å². The molecule has 114 valence electrons. The minimum absolute atomic E-state index is 0.143. The maximum absolute atomic E-state index is 12.5. The van der Waals surface area contributed by atoms with E-state index in [-0.39, 0.29) is 5.78 Å². The van der Waals surface area contributed by atoms with Gasteiger partial charge in [-0.15, -0.1) is 0 Å². The van der Waals surface area contributed by atoms with Crippen LogP contribution in [0.1, 0.15) is 22.3 Å². The van der Waals surface area contributed by atoms with E-state index in [2.05, 4.69) is 54.6 Å². The van der Waals surface area contributed by atoms with Crippen molar-refractivity contribution in [3.05, 3.63) is 77.9 Å². The third-order valence-corrected chi connectivity index (χ3v) is 5.02. The van der Waals surface area contributed by atoms with E-state index in [9.17, 15) is 4.79 Å². The molecule has 24 heavy (non-hydrogen) atoms. The van der Waals surface area contributed by atoms with E-state index in [0.29, 0.717) is 12.1 Å². The third-order valence-electron chi connectivity index (χ3n) is 5.02. The Balaban J connectivity index is 1.97. The molecule has 5 rings (SSSR count). The van der Waals surface area contributed by atoms with Gasteiger partial charge in [0.05, 0.1) is 0 Å². The van der Waals surface area contributed by atoms with Crippen molar-refractivity contribution in [2.24, 2.45) is 5.73 Å². The number of ketones is 1. The number of Topliss-reactive ketones (excluding diaryl/α,β-unsaturated/α-hetero) is 1. The van der Waals surface area contributed by atoms with Crippen LogP contribution >= 0.6 is 0 Å². The van der Waals surface area contributed by atoms with Gasteiger partial charge in [-0.1, -0.05) is 66.7 Å². The Morgan fingerprint density at radius 2 is 1.38 bits per heavy atom. The van der Waals surface area contributed by atoms with Crippen LogP contribution in [0.4, 0.5) is 0 Å². The fraction of sp³-hybridized carbons (Fsp3) is 0.0455. The van der Waals surface area contributed by atoms with Crippen LogP contribution in [0.25, 0.3) is 38.0 Å². The molecule has 0 aliphatic heterocycles. The van der Waals surface area contributed by atoms with Crippen LogP contribution in [0.2, 0.25) is 0 Å². The third kappa shape index (κ3) is 1.68. The maximum atomic E-state index is 12.5. The van der Waals surface area contributed by atoms with E-state index >= 15 is 0 Å². The molecule has 0 heterocycles. The van der Waals surface area contributed by atoms with Crippen molar-refractivity contribution in [1.82, 2.24) is 0 Å². The number of carbonyl (C=O) groups excluding carboxylic acids is 1. The summed E-state index contributed by atoms with van der Waals surface area (Å²) in [4.78, 5) is 12.5. The van der Waals surface area contributed by atoms with Gasteiger partial charge in [-0.3, -0.25) is 4.79 Å². The Bertz CT molecular complexity index is 1200. The predicted octanol–water partition coefficient (Wildman–Crippen LogP) is 5.03. The number of fused-ring (bicyclic) bond motifs is 7. The molecule has 0 spiro atoms. The molecule has 1 aliphatic rings. The highest BCUT2D eigenvalue weighted by atomic mass is 16.1. The average molecular weight is 309 g/mol. The van der Waals surface area contributed by atoms with Crippen LogP contribution in [0, 0.1) is 0 Å². The molecule has 2 heteroatoms. The zero-order valence-electron chi connectivity index (χ0n) is 13.0. The molecule has 0 fully saturated rings. The zero-order valence-corrected chi connectivity index (χ0v) is 13.0. The number of allylic oxidation sites excluding steroid dienone is 1. The molecule has 0 bridgehead atoms. The molecule has 2 nitrogen and oxygen atoms in total. The Labute approximate surface area is 139 Å². The minimum Gasteiger partial charge on any atom is -0.398 e. The molecule has 1 aliphatic carbocycles. The molecule has 0 radical (unpaired) electrons. The summed E-state index contributed by atoms with van der Waals surface area (Å²) in [5.41, 5.74) is 8.42. The maximum Gasteiger partial charge on any atom is 0.168 e. The molecular formula is C22H15NO. The highest BCUT2D eigenvalue weighted by Gasteiger charge is 2.21. The molecule has 0 unspecified atom stereocenters. The second-order valence-electron chi connectivity index (χ2n) is 6.32. The number of rotatable bonds is 0. The monoisotopic (exact) mass is 309 g/mol. The van der Waals surface area contributed by atoms with Crippen molar-refractivity contribution in [2.45, 2.75) is 6.42 Å². The number of hydrogen-bond acceptors (Lipinski definition) is 2. The van der Waals surface area contributed by atoms with Gasteiger partial charge in [0.2, 0.25) is 0 Å². The molecule has 0 aromatic heterocycles. The van der Waals surface area contributed by atoms with E-state index in [4.69, 9.17) is 5.73 Å². The van der Waals surface area contributed by atoms with Gasteiger partial charge in [0.15, 0.2) is 5.78 Å². The van der Waals surface area contributed by atoms with Crippen molar-refractivity contribution in [3.63, 3.8) is 0 Å². The van der Waals surface area contributed by atoms with E-state index < -0.39 is 0 Å². The van der Waals surface area contributed by atoms with Crippen LogP contribution < -0.4 is 5.73 Å². The van der Waals surface area contributed by atoms with Gasteiger partial charge in [0.1, 0.15) is 0 Å². The first kappa shape index (κ1) is 13.3. The second-order valence-corrected chi connectivity index (χ2v) is 6.32. The van der Waals surface area contributed by atoms with Crippen LogP contribution in [0.5, 0.6) is 0 Å². The first-order valence-electron chi connectivity index (χ1n) is 8.10. The van der Waals surface area contributed by atoms with E-state index in [1.165, 1.54) is 21.5 Å². The summed E-state index contributed by atoms with van der Waals surface area (Å²) >= 11 is 0. The standard InChI is InChI=1S/C22H15NO/c23-20-11-12-21(24)22-18-9-7-15-14-4-2-1-3-13(14)5-6-16(15)17(18)8-10-19(20)22/h1-11H,12,23H2. The quantitative estimate of drug-likeness (QED) is 0.463. The van der Waals surface area contributed by atoms with E-state index in [0.717, 1.165) is 21.9 Å². The summed E-state index contributed by atoms with van der Waals surface area (Å²) < 4.78 is 0. The van der Waals surface area contributed by atoms with Crippen LogP contribution in [0.15, 0.2) is 66.7 Å². The number of benzene rings is 4. The predicted molar refractivity (Wildman–Crippen MR) is 100 cm³/mol. The normalized spacial score (nSPS) is 14.2. The lowest BCUT2D eigenvalue weighted by molar-refractivity contribution is 0.0995. The lowest BCUT2D eigenvalue weighted by Crippen LogP contribution is -2.12. The van der Waals surface area contributed by atoms with Crippen LogP contribution in [-0.2, 0) is 0 Å². The second kappa shape index (κ2) is 4.68. The minimum atomic E-state index is 0.143. The molecule has 0 saturated carbocycles. The Morgan fingerprint density at radius 3 is 2.29 bits per heavy atom. The molecular weight excluding hydrogens is 294 g/mol. The van der Waals surface area contributed by atoms with Crippen molar-refractivity contribution in [2.75, 3.05) is 0 Å². The van der Waals surface area contributed by atoms with Gasteiger partial charge in [-0.2, -0.15) is 0 Å². The van der Waals surface area contributed by atoms with Gasteiger partial charge < -0.3 is 5.73 Å². The fourth-order valence-electron chi connectivity index (χ4n) is 3.86. The van der Waals surface area contributed by atoms with Crippen LogP contribution in [0.3, 0.4) is 0 Å². The van der Waals surface area contributed by atoms with Crippen molar-refractivity contribution in [3.8, 4) is 0 Å². The fourth-order valence-corrected chi connectivity index (χ4v) is 3.86. The van der Waals surface area contributed by atoms with Gasteiger partial charge in [-0.25, -0.2) is 0 Å². The Kier molecular flexibility index (Phi) is 2.60. The summed E-state index contributed by atoms with van der Waals surface area (Å²) in [6.07, 6.45) is 2.19. The van der Waals surface area contributed by atoms with Gasteiger partial charge >= 0.3 is 0 Å². The van der Waals surface area contributed by atoms with Gasteiger partial charge in [-0.05, 0) is 32.3 Å². The average Bonchev–Trinajstić information content (AvgIpc) is 2.63. The van der Waals surface area contributed by atoms with Gasteiger partial charge in [0.25, 0.3) is 0 Å². The largest absolute Gasteiger partial charge is 0.398 e. The zero-order chi connectivity index (χ0) is 16.3. The lowest BCUT2D eigenvalue weighted by atomic mass is 9.87. The molecule has 4 aromatic carbocycles. The summed E-state index contributed by atoms with van der Waals surface area (Å²) in [7, 11) is 0. The number of carbonyl (C=O) groups is 1. The molecule has 4 aromatic rings.